The lowest BCUT2D eigenvalue weighted by Crippen LogP contribution is -2.29. The Hall–Kier alpha value is -3.44. The smallest absolute Gasteiger partial charge is 0.414 e. The van der Waals surface area contributed by atoms with E-state index < -0.39 is 11.9 Å². The average molecular weight is 496 g/mol. The van der Waals surface area contributed by atoms with Crippen LogP contribution in [-0.4, -0.2) is 53.0 Å². The van der Waals surface area contributed by atoms with Gasteiger partial charge in [0.05, 0.1) is 35.2 Å². The predicted molar refractivity (Wildman–Crippen MR) is 130 cm³/mol. The van der Waals surface area contributed by atoms with Crippen LogP contribution in [0.5, 0.6) is 0 Å². The van der Waals surface area contributed by atoms with Crippen molar-refractivity contribution in [3.05, 3.63) is 58.3 Å². The minimum Gasteiger partial charge on any atom is -0.444 e. The van der Waals surface area contributed by atoms with E-state index in [1.807, 2.05) is 12.1 Å². The van der Waals surface area contributed by atoms with Gasteiger partial charge in [0.15, 0.2) is 0 Å². The third-order valence-corrected chi connectivity index (χ3v) is 7.69. The minimum absolute atomic E-state index is 0.0600. The van der Waals surface area contributed by atoms with Crippen LogP contribution >= 0.6 is 11.8 Å². The fraction of sp³-hybridized carbons (Fsp3) is 0.333. The average Bonchev–Trinajstić information content (AvgIpc) is 3.42. The summed E-state index contributed by atoms with van der Waals surface area (Å²) in [5.41, 5.74) is 2.93. The highest BCUT2D eigenvalue weighted by atomic mass is 32.2. The fourth-order valence-electron chi connectivity index (χ4n) is 4.97. The van der Waals surface area contributed by atoms with Crippen LogP contribution < -0.4 is 21.1 Å². The van der Waals surface area contributed by atoms with Crippen molar-refractivity contribution in [2.24, 2.45) is 0 Å². The maximum absolute atomic E-state index is 14.6. The fourth-order valence-corrected chi connectivity index (χ4v) is 5.76. The van der Waals surface area contributed by atoms with Crippen LogP contribution in [0.3, 0.4) is 0 Å². The van der Waals surface area contributed by atoms with E-state index in [1.165, 1.54) is 24.0 Å². The van der Waals surface area contributed by atoms with Gasteiger partial charge in [-0.1, -0.05) is 0 Å². The number of pyridine rings is 2. The Morgan fingerprint density at radius 1 is 1.20 bits per heavy atom. The normalized spacial score (nSPS) is 20.8. The van der Waals surface area contributed by atoms with Crippen LogP contribution in [0.15, 0.2) is 46.2 Å². The minimum atomic E-state index is -0.420. The SMILES string of the molecule is O=C1CSc2ccc(N3C[C@@H](CCNC[C@@H]4Cn5c(=O)ccc6ncc(F)c4c65)OC3=O)cc2N1. The van der Waals surface area contributed by atoms with Crippen molar-refractivity contribution in [3.8, 4) is 0 Å². The number of amides is 2. The maximum Gasteiger partial charge on any atom is 0.414 e. The number of thioether (sulfide) groups is 1. The van der Waals surface area contributed by atoms with Crippen LogP contribution in [0.1, 0.15) is 17.9 Å². The van der Waals surface area contributed by atoms with Gasteiger partial charge in [0.2, 0.25) is 5.91 Å². The summed E-state index contributed by atoms with van der Waals surface area (Å²) in [7, 11) is 0. The summed E-state index contributed by atoms with van der Waals surface area (Å²) in [6, 6.07) is 8.64. The van der Waals surface area contributed by atoms with Gasteiger partial charge in [0.25, 0.3) is 5.56 Å². The van der Waals surface area contributed by atoms with Crippen LogP contribution in [0.4, 0.5) is 20.6 Å². The van der Waals surface area contributed by atoms with Gasteiger partial charge in [-0.3, -0.25) is 19.5 Å². The van der Waals surface area contributed by atoms with E-state index in [0.717, 1.165) is 4.90 Å². The van der Waals surface area contributed by atoms with Crippen molar-refractivity contribution < 1.29 is 18.7 Å². The molecular formula is C24H22FN5O4S. The molecule has 11 heteroatoms. The van der Waals surface area contributed by atoms with Gasteiger partial charge in [-0.25, -0.2) is 9.18 Å². The molecule has 2 amide bonds. The Morgan fingerprint density at radius 2 is 2.09 bits per heavy atom. The van der Waals surface area contributed by atoms with Crippen LogP contribution in [0.2, 0.25) is 0 Å². The van der Waals surface area contributed by atoms with E-state index in [0.29, 0.717) is 66.3 Å². The second-order valence-electron chi connectivity index (χ2n) is 8.86. The van der Waals surface area contributed by atoms with Crippen molar-refractivity contribution in [1.29, 1.82) is 0 Å². The third kappa shape index (κ3) is 3.94. The summed E-state index contributed by atoms with van der Waals surface area (Å²) in [5.74, 6) is -0.256. The van der Waals surface area contributed by atoms with Gasteiger partial charge in [-0.2, -0.15) is 0 Å². The van der Waals surface area contributed by atoms with Gasteiger partial charge < -0.3 is 19.9 Å². The first kappa shape index (κ1) is 22.1. The van der Waals surface area contributed by atoms with E-state index in [4.69, 9.17) is 4.74 Å². The molecule has 9 nitrogen and oxygen atoms in total. The first-order valence-corrected chi connectivity index (χ1v) is 12.4. The molecule has 6 rings (SSSR count). The van der Waals surface area contributed by atoms with Crippen LogP contribution in [-0.2, 0) is 16.1 Å². The maximum atomic E-state index is 14.6. The van der Waals surface area contributed by atoms with Crippen molar-refractivity contribution in [3.63, 3.8) is 0 Å². The highest BCUT2D eigenvalue weighted by Crippen LogP contribution is 2.36. The number of nitrogens with one attached hydrogen (secondary N) is 2. The third-order valence-electron chi connectivity index (χ3n) is 6.62. The molecular weight excluding hydrogens is 473 g/mol. The number of nitrogens with zero attached hydrogens (tertiary/aromatic N) is 3. The first-order chi connectivity index (χ1) is 17.0. The highest BCUT2D eigenvalue weighted by molar-refractivity contribution is 8.00. The molecule has 180 valence electrons. The largest absolute Gasteiger partial charge is 0.444 e. The Bertz CT molecular complexity index is 1430. The predicted octanol–water partition coefficient (Wildman–Crippen LogP) is 2.68. The number of anilines is 2. The lowest BCUT2D eigenvalue weighted by Gasteiger charge is -2.20. The number of hydrogen-bond acceptors (Lipinski definition) is 7. The van der Waals surface area contributed by atoms with E-state index in [-0.39, 0.29) is 23.5 Å². The molecule has 0 radical (unpaired) electrons. The van der Waals surface area contributed by atoms with E-state index in [9.17, 15) is 18.8 Å². The van der Waals surface area contributed by atoms with Crippen molar-refractivity contribution in [2.75, 3.05) is 35.6 Å². The zero-order valence-corrected chi connectivity index (χ0v) is 19.4. The number of ether oxygens (including phenoxy) is 1. The van der Waals surface area contributed by atoms with E-state index in [2.05, 4.69) is 15.6 Å². The molecule has 2 aromatic heterocycles. The van der Waals surface area contributed by atoms with Crippen LogP contribution in [0.25, 0.3) is 11.0 Å². The zero-order valence-electron chi connectivity index (χ0n) is 18.6. The summed E-state index contributed by atoms with van der Waals surface area (Å²) < 4.78 is 21.7. The molecule has 1 aromatic carbocycles. The number of fused-ring (bicyclic) bond motifs is 1. The Morgan fingerprint density at radius 3 is 2.97 bits per heavy atom. The van der Waals surface area contributed by atoms with E-state index in [1.54, 1.807) is 21.6 Å². The molecule has 35 heavy (non-hydrogen) atoms. The zero-order chi connectivity index (χ0) is 24.1. The second-order valence-corrected chi connectivity index (χ2v) is 9.88. The molecule has 1 fully saturated rings. The molecule has 2 N–H and O–H groups in total. The number of hydrogen-bond donors (Lipinski definition) is 2. The molecule has 3 aliphatic rings. The monoisotopic (exact) mass is 495 g/mol. The van der Waals surface area contributed by atoms with Gasteiger partial charge in [-0.15, -0.1) is 11.8 Å². The lowest BCUT2D eigenvalue weighted by molar-refractivity contribution is -0.113. The number of aromatic nitrogens is 2. The van der Waals surface area contributed by atoms with Gasteiger partial charge >= 0.3 is 6.09 Å². The Balaban J connectivity index is 1.06. The lowest BCUT2D eigenvalue weighted by atomic mass is 10.0. The standard InChI is InChI=1S/C24H22FN5O4S/c25-16-9-27-17-2-4-21(32)30-10-13(22(16)23(17)30)8-26-6-5-15-11-29(24(33)34-15)14-1-3-19-18(7-14)28-20(31)12-35-19/h1-4,7,9,13,15,26H,5-6,8,10-12H2,(H,28,31)/t13-,15-/m1/s1. The number of cyclic esters (lactones) is 1. The topological polar surface area (TPSA) is 106 Å². The number of carbonyl (C=O) groups excluding carboxylic acids is 2. The van der Waals surface area contributed by atoms with Crippen molar-refractivity contribution in [2.45, 2.75) is 29.9 Å². The molecule has 0 unspecified atom stereocenters. The molecule has 3 aromatic rings. The second kappa shape index (κ2) is 8.65. The molecule has 0 saturated carbocycles. The van der Waals surface area contributed by atoms with Gasteiger partial charge in [0.1, 0.15) is 11.9 Å². The van der Waals surface area contributed by atoms with Gasteiger partial charge in [0, 0.05) is 41.2 Å². The summed E-state index contributed by atoms with van der Waals surface area (Å²) in [6.45, 7) is 1.87. The molecule has 0 bridgehead atoms. The van der Waals surface area contributed by atoms with Crippen molar-refractivity contribution >= 4 is 46.2 Å². The quantitative estimate of drug-likeness (QED) is 0.507. The van der Waals surface area contributed by atoms with E-state index >= 15 is 0 Å². The molecule has 0 aliphatic carbocycles. The number of benzene rings is 1. The molecule has 0 spiro atoms. The highest BCUT2D eigenvalue weighted by Gasteiger charge is 2.33. The molecule has 5 heterocycles. The Kier molecular flexibility index (Phi) is 5.45. The summed E-state index contributed by atoms with van der Waals surface area (Å²) >= 11 is 1.47. The molecule has 3 aliphatic heterocycles. The summed E-state index contributed by atoms with van der Waals surface area (Å²) in [6.07, 6.45) is 1.09. The summed E-state index contributed by atoms with van der Waals surface area (Å²) in [4.78, 5) is 43.1. The van der Waals surface area contributed by atoms with Gasteiger partial charge in [-0.05, 0) is 37.2 Å². The van der Waals surface area contributed by atoms with Crippen LogP contribution in [0, 0.1) is 5.82 Å². The number of carbonyl (C=O) groups is 2. The molecule has 1 saturated heterocycles. The number of rotatable bonds is 6. The molecule has 2 atom stereocenters. The number of halogens is 1. The summed E-state index contributed by atoms with van der Waals surface area (Å²) in [5, 5.41) is 6.17. The van der Waals surface area contributed by atoms with Crippen molar-refractivity contribution in [1.82, 2.24) is 14.9 Å². The Labute approximate surface area is 203 Å². The first-order valence-electron chi connectivity index (χ1n) is 11.4.